The molecular formula is C12H18N4O. The fourth-order valence-corrected chi connectivity index (χ4v) is 1.98. The minimum absolute atomic E-state index is 0.0000518. The second-order valence-corrected chi connectivity index (χ2v) is 4.46. The highest BCUT2D eigenvalue weighted by Crippen LogP contribution is 2.20. The standard InChI is InChI=1S/C12H18N4O/c1-8-7-17-9(2)6-16(8)10-3-4-11(12(13)14)15-5-10/h3-5,8-9H,6-7H2,1-2H3,(H3,13,14). The van der Waals surface area contributed by atoms with Crippen molar-refractivity contribution in [2.45, 2.75) is 26.0 Å². The third-order valence-corrected chi connectivity index (χ3v) is 2.96. The highest BCUT2D eigenvalue weighted by Gasteiger charge is 2.23. The van der Waals surface area contributed by atoms with Crippen LogP contribution in [0.2, 0.25) is 0 Å². The largest absolute Gasteiger partial charge is 0.382 e. The van der Waals surface area contributed by atoms with Gasteiger partial charge in [-0.3, -0.25) is 10.4 Å². The van der Waals surface area contributed by atoms with Crippen LogP contribution >= 0.6 is 0 Å². The molecule has 1 fully saturated rings. The first-order valence-corrected chi connectivity index (χ1v) is 5.76. The molecule has 2 unspecified atom stereocenters. The Kier molecular flexibility index (Phi) is 3.28. The fraction of sp³-hybridized carbons (Fsp3) is 0.500. The molecule has 1 aliphatic rings. The van der Waals surface area contributed by atoms with E-state index in [1.807, 2.05) is 6.07 Å². The van der Waals surface area contributed by atoms with Gasteiger partial charge in [0.1, 0.15) is 11.5 Å². The van der Waals surface area contributed by atoms with Crippen molar-refractivity contribution in [2.24, 2.45) is 5.73 Å². The smallest absolute Gasteiger partial charge is 0.141 e. The summed E-state index contributed by atoms with van der Waals surface area (Å²) in [6, 6.07) is 4.08. The van der Waals surface area contributed by atoms with Gasteiger partial charge in [-0.25, -0.2) is 0 Å². The second kappa shape index (κ2) is 4.71. The molecule has 0 saturated carbocycles. The Morgan fingerprint density at radius 2 is 2.29 bits per heavy atom. The molecule has 0 aromatic carbocycles. The molecule has 0 bridgehead atoms. The van der Waals surface area contributed by atoms with Crippen LogP contribution in [-0.4, -0.2) is 36.1 Å². The first-order valence-electron chi connectivity index (χ1n) is 5.76. The lowest BCUT2D eigenvalue weighted by Crippen LogP contribution is -2.47. The maximum absolute atomic E-state index is 7.30. The van der Waals surface area contributed by atoms with Crippen LogP contribution in [0, 0.1) is 5.41 Å². The molecule has 2 atom stereocenters. The quantitative estimate of drug-likeness (QED) is 0.591. The molecule has 1 aliphatic heterocycles. The molecule has 1 aromatic heterocycles. The first-order chi connectivity index (χ1) is 8.08. The van der Waals surface area contributed by atoms with Crippen LogP contribution in [0.5, 0.6) is 0 Å². The summed E-state index contributed by atoms with van der Waals surface area (Å²) in [5.41, 5.74) is 6.95. The number of hydrogen-bond acceptors (Lipinski definition) is 4. The van der Waals surface area contributed by atoms with E-state index in [1.54, 1.807) is 12.3 Å². The van der Waals surface area contributed by atoms with Crippen molar-refractivity contribution >= 4 is 11.5 Å². The van der Waals surface area contributed by atoms with Gasteiger partial charge in [0.2, 0.25) is 0 Å². The summed E-state index contributed by atoms with van der Waals surface area (Å²) in [4.78, 5) is 6.45. The van der Waals surface area contributed by atoms with Gasteiger partial charge in [-0.05, 0) is 26.0 Å². The molecule has 0 radical (unpaired) electrons. The van der Waals surface area contributed by atoms with Crippen LogP contribution in [0.3, 0.4) is 0 Å². The van der Waals surface area contributed by atoms with Gasteiger partial charge in [0, 0.05) is 12.6 Å². The predicted molar refractivity (Wildman–Crippen MR) is 67.5 cm³/mol. The molecule has 3 N–H and O–H groups in total. The van der Waals surface area contributed by atoms with Gasteiger partial charge in [0.15, 0.2) is 0 Å². The molecule has 2 rings (SSSR count). The van der Waals surface area contributed by atoms with E-state index in [2.05, 4.69) is 23.7 Å². The lowest BCUT2D eigenvalue weighted by molar-refractivity contribution is 0.0343. The number of anilines is 1. The van der Waals surface area contributed by atoms with Gasteiger partial charge >= 0.3 is 0 Å². The molecule has 0 spiro atoms. The number of pyridine rings is 1. The predicted octanol–water partition coefficient (Wildman–Crippen LogP) is 0.979. The summed E-state index contributed by atoms with van der Waals surface area (Å²) in [7, 11) is 0. The van der Waals surface area contributed by atoms with E-state index in [9.17, 15) is 0 Å². The van der Waals surface area contributed by atoms with Crippen LogP contribution in [0.1, 0.15) is 19.5 Å². The second-order valence-electron chi connectivity index (χ2n) is 4.46. The number of morpholine rings is 1. The van der Waals surface area contributed by atoms with Crippen LogP contribution in [0.4, 0.5) is 5.69 Å². The van der Waals surface area contributed by atoms with Gasteiger partial charge in [0.05, 0.1) is 24.6 Å². The normalized spacial score (nSPS) is 24.7. The molecular weight excluding hydrogens is 216 g/mol. The monoisotopic (exact) mass is 234 g/mol. The molecule has 5 nitrogen and oxygen atoms in total. The molecule has 0 amide bonds. The average molecular weight is 234 g/mol. The zero-order valence-corrected chi connectivity index (χ0v) is 10.2. The van der Waals surface area contributed by atoms with Crippen molar-refractivity contribution in [3.8, 4) is 0 Å². The third kappa shape index (κ3) is 2.55. The summed E-state index contributed by atoms with van der Waals surface area (Å²) >= 11 is 0. The number of hydrogen-bond donors (Lipinski definition) is 2. The summed E-state index contributed by atoms with van der Waals surface area (Å²) < 4.78 is 5.59. The Labute approximate surface area is 101 Å². The van der Waals surface area contributed by atoms with Crippen molar-refractivity contribution in [1.29, 1.82) is 5.41 Å². The maximum atomic E-state index is 7.30. The number of nitrogens with two attached hydrogens (primary N) is 1. The molecule has 0 aliphatic carbocycles. The SMILES string of the molecule is CC1CN(c2ccc(C(=N)N)nc2)C(C)CO1. The number of rotatable bonds is 2. The van der Waals surface area contributed by atoms with Crippen molar-refractivity contribution in [1.82, 2.24) is 4.98 Å². The summed E-state index contributed by atoms with van der Waals surface area (Å²) in [6.45, 7) is 5.79. The number of nitrogens with one attached hydrogen (secondary N) is 1. The summed E-state index contributed by atoms with van der Waals surface area (Å²) in [5.74, 6) is -0.0000518. The Morgan fingerprint density at radius 3 is 2.88 bits per heavy atom. The van der Waals surface area contributed by atoms with Gasteiger partial charge in [-0.1, -0.05) is 0 Å². The maximum Gasteiger partial charge on any atom is 0.141 e. The molecule has 1 saturated heterocycles. The van der Waals surface area contributed by atoms with E-state index in [4.69, 9.17) is 15.9 Å². The van der Waals surface area contributed by atoms with Gasteiger partial charge in [0.25, 0.3) is 0 Å². The van der Waals surface area contributed by atoms with Gasteiger partial charge in [-0.15, -0.1) is 0 Å². The van der Waals surface area contributed by atoms with Crippen LogP contribution in [-0.2, 0) is 4.74 Å². The summed E-state index contributed by atoms with van der Waals surface area (Å²) in [6.07, 6.45) is 2.00. The fourth-order valence-electron chi connectivity index (χ4n) is 1.98. The van der Waals surface area contributed by atoms with Crippen molar-refractivity contribution in [3.63, 3.8) is 0 Å². The average Bonchev–Trinajstić information content (AvgIpc) is 2.32. The lowest BCUT2D eigenvalue weighted by Gasteiger charge is -2.38. The highest BCUT2D eigenvalue weighted by molar-refractivity contribution is 5.93. The molecule has 5 heteroatoms. The minimum Gasteiger partial charge on any atom is -0.382 e. The number of amidine groups is 1. The Bertz CT molecular complexity index is 403. The van der Waals surface area contributed by atoms with Crippen molar-refractivity contribution in [3.05, 3.63) is 24.0 Å². The van der Waals surface area contributed by atoms with E-state index in [0.717, 1.165) is 18.8 Å². The third-order valence-electron chi connectivity index (χ3n) is 2.96. The van der Waals surface area contributed by atoms with Crippen molar-refractivity contribution in [2.75, 3.05) is 18.1 Å². The van der Waals surface area contributed by atoms with Gasteiger partial charge in [-0.2, -0.15) is 0 Å². The molecule has 2 heterocycles. The topological polar surface area (TPSA) is 75.2 Å². The number of ether oxygens (including phenoxy) is 1. The zero-order chi connectivity index (χ0) is 12.4. The summed E-state index contributed by atoms with van der Waals surface area (Å²) in [5, 5.41) is 7.30. The number of nitrogens with zero attached hydrogens (tertiary/aromatic N) is 2. The van der Waals surface area contributed by atoms with E-state index in [1.165, 1.54) is 0 Å². The van der Waals surface area contributed by atoms with Crippen LogP contribution in [0.15, 0.2) is 18.3 Å². The Balaban J connectivity index is 2.18. The first kappa shape index (κ1) is 11.9. The van der Waals surface area contributed by atoms with Crippen LogP contribution in [0.25, 0.3) is 0 Å². The van der Waals surface area contributed by atoms with Gasteiger partial charge < -0.3 is 15.4 Å². The minimum atomic E-state index is -0.0000518. The Hall–Kier alpha value is -1.62. The van der Waals surface area contributed by atoms with Crippen LogP contribution < -0.4 is 10.6 Å². The number of aromatic nitrogens is 1. The zero-order valence-electron chi connectivity index (χ0n) is 10.2. The van der Waals surface area contributed by atoms with E-state index in [-0.39, 0.29) is 11.9 Å². The van der Waals surface area contributed by atoms with E-state index < -0.39 is 0 Å². The van der Waals surface area contributed by atoms with Crippen molar-refractivity contribution < 1.29 is 4.74 Å². The molecule has 1 aromatic rings. The number of nitrogen functional groups attached to an aromatic ring is 1. The lowest BCUT2D eigenvalue weighted by atomic mass is 10.2. The molecule has 17 heavy (non-hydrogen) atoms. The Morgan fingerprint density at radius 1 is 1.53 bits per heavy atom. The highest BCUT2D eigenvalue weighted by atomic mass is 16.5. The van der Waals surface area contributed by atoms with E-state index in [0.29, 0.717) is 11.7 Å². The van der Waals surface area contributed by atoms with E-state index >= 15 is 0 Å². The molecule has 92 valence electrons.